The summed E-state index contributed by atoms with van der Waals surface area (Å²) in [5.41, 5.74) is -0.0694. The Morgan fingerprint density at radius 1 is 1.20 bits per heavy atom. The summed E-state index contributed by atoms with van der Waals surface area (Å²) in [6, 6.07) is 0. The van der Waals surface area contributed by atoms with Crippen LogP contribution >= 0.6 is 0 Å². The molecule has 66 valence electrons. The summed E-state index contributed by atoms with van der Waals surface area (Å²) in [5, 5.41) is 8.72. The highest BCUT2D eigenvalue weighted by atomic mass is 16.3. The lowest BCUT2D eigenvalue weighted by atomic mass is 10.1. The van der Waals surface area contributed by atoms with Gasteiger partial charge in [-0.15, -0.1) is 0 Å². The van der Waals surface area contributed by atoms with Crippen LogP contribution in [0.1, 0.15) is 13.8 Å². The van der Waals surface area contributed by atoms with E-state index in [-0.39, 0.29) is 24.4 Å². The van der Waals surface area contributed by atoms with Crippen molar-refractivity contribution in [3.63, 3.8) is 0 Å². The van der Waals surface area contributed by atoms with Gasteiger partial charge in [0.2, 0.25) is 0 Å². The molecule has 0 aromatic carbocycles. The quantitative estimate of drug-likeness (QED) is 0.540. The monoisotopic (exact) mass is 151 g/mol. The Balaban J connectivity index is -0.000000245. The number of nitrogens with zero attached hydrogens (tertiary/aromatic N) is 1. The molecule has 0 aliphatic carbocycles. The summed E-state index contributed by atoms with van der Waals surface area (Å²) in [6.07, 6.45) is 0. The average Bonchev–Trinajstić information content (AvgIpc) is 1.67. The zero-order valence-corrected chi connectivity index (χ0v) is 7.52. The van der Waals surface area contributed by atoms with E-state index >= 15 is 0 Å². The predicted molar refractivity (Wildman–Crippen MR) is 44.9 cm³/mol. The van der Waals surface area contributed by atoms with Crippen LogP contribution in [-0.4, -0.2) is 36.2 Å². The summed E-state index contributed by atoms with van der Waals surface area (Å²) >= 11 is 0. The fourth-order valence-corrected chi connectivity index (χ4v) is 0.141. The van der Waals surface area contributed by atoms with Gasteiger partial charge in [0.25, 0.3) is 0 Å². The van der Waals surface area contributed by atoms with Gasteiger partial charge in [-0.2, -0.15) is 0 Å². The lowest BCUT2D eigenvalue weighted by molar-refractivity contribution is 0.100. The molecule has 0 unspecified atom stereocenters. The van der Waals surface area contributed by atoms with Crippen molar-refractivity contribution in [2.45, 2.75) is 19.4 Å². The third kappa shape index (κ3) is 4.69. The van der Waals surface area contributed by atoms with E-state index in [2.05, 4.69) is 0 Å². The molecule has 0 saturated carbocycles. The number of rotatable bonds is 2. The van der Waals surface area contributed by atoms with Crippen molar-refractivity contribution in [1.29, 1.82) is 0 Å². The Morgan fingerprint density at radius 3 is 1.50 bits per heavy atom. The van der Waals surface area contributed by atoms with E-state index in [1.807, 2.05) is 32.8 Å². The molecular weight excluding hydrogens is 130 g/mol. The summed E-state index contributed by atoms with van der Waals surface area (Å²) in [6.45, 7) is 4.19. The SMILES string of the molecule is CN(C)C(C)(C)CO.N.N. The Bertz CT molecular complexity index is 73.4. The van der Waals surface area contributed by atoms with E-state index in [1.165, 1.54) is 0 Å². The molecule has 0 aliphatic heterocycles. The van der Waals surface area contributed by atoms with Crippen LogP contribution in [-0.2, 0) is 0 Å². The molecule has 0 atom stereocenters. The molecule has 0 rings (SSSR count). The first-order valence-electron chi connectivity index (χ1n) is 2.79. The molecule has 0 bridgehead atoms. The van der Waals surface area contributed by atoms with Crippen LogP contribution in [0.3, 0.4) is 0 Å². The molecule has 7 N–H and O–H groups in total. The Kier molecular flexibility index (Phi) is 9.22. The van der Waals surface area contributed by atoms with Gasteiger partial charge in [-0.3, -0.25) is 0 Å². The van der Waals surface area contributed by atoms with Gasteiger partial charge < -0.3 is 22.3 Å². The summed E-state index contributed by atoms with van der Waals surface area (Å²) in [7, 11) is 3.91. The summed E-state index contributed by atoms with van der Waals surface area (Å²) < 4.78 is 0. The van der Waals surface area contributed by atoms with Crippen molar-refractivity contribution in [3.05, 3.63) is 0 Å². The maximum Gasteiger partial charge on any atom is 0.0609 e. The maximum absolute atomic E-state index is 8.72. The molecule has 0 amide bonds. The van der Waals surface area contributed by atoms with Gasteiger partial charge in [-0.05, 0) is 27.9 Å². The normalized spacial score (nSPS) is 10.2. The molecule has 4 heteroatoms. The van der Waals surface area contributed by atoms with E-state index in [9.17, 15) is 0 Å². The highest BCUT2D eigenvalue weighted by Gasteiger charge is 2.17. The third-order valence-electron chi connectivity index (χ3n) is 1.60. The van der Waals surface area contributed by atoms with E-state index < -0.39 is 0 Å². The minimum absolute atomic E-state index is 0. The minimum atomic E-state index is -0.0694. The summed E-state index contributed by atoms with van der Waals surface area (Å²) in [4.78, 5) is 1.99. The van der Waals surface area contributed by atoms with Crippen molar-refractivity contribution in [2.75, 3.05) is 20.7 Å². The zero-order chi connectivity index (χ0) is 6.78. The van der Waals surface area contributed by atoms with Crippen LogP contribution in [0.15, 0.2) is 0 Å². The topological polar surface area (TPSA) is 93.5 Å². The molecule has 0 heterocycles. The molecule has 0 fully saturated rings. The van der Waals surface area contributed by atoms with Crippen LogP contribution in [0.5, 0.6) is 0 Å². The number of hydrogen-bond acceptors (Lipinski definition) is 4. The zero-order valence-electron chi connectivity index (χ0n) is 7.52. The Morgan fingerprint density at radius 2 is 1.50 bits per heavy atom. The van der Waals surface area contributed by atoms with Gasteiger partial charge in [-0.25, -0.2) is 0 Å². The lowest BCUT2D eigenvalue weighted by Crippen LogP contribution is -2.41. The fraction of sp³-hybridized carbons (Fsp3) is 1.00. The average molecular weight is 151 g/mol. The fourth-order valence-electron chi connectivity index (χ4n) is 0.141. The second-order valence-corrected chi connectivity index (χ2v) is 2.86. The number of hydrogen-bond donors (Lipinski definition) is 3. The molecule has 4 nitrogen and oxygen atoms in total. The van der Waals surface area contributed by atoms with Gasteiger partial charge >= 0.3 is 0 Å². The molecule has 10 heavy (non-hydrogen) atoms. The number of likely N-dealkylation sites (N-methyl/N-ethyl adjacent to an activating group) is 1. The van der Waals surface area contributed by atoms with Crippen LogP contribution < -0.4 is 12.3 Å². The Labute approximate surface area is 63.4 Å². The molecule has 0 saturated heterocycles. The van der Waals surface area contributed by atoms with Gasteiger partial charge in [0, 0.05) is 5.54 Å². The van der Waals surface area contributed by atoms with Crippen LogP contribution in [0.2, 0.25) is 0 Å². The van der Waals surface area contributed by atoms with Crippen LogP contribution in [0, 0.1) is 0 Å². The van der Waals surface area contributed by atoms with Crippen LogP contribution in [0.25, 0.3) is 0 Å². The lowest BCUT2D eigenvalue weighted by Gasteiger charge is -2.29. The first kappa shape index (κ1) is 16.4. The van der Waals surface area contributed by atoms with Gasteiger partial charge in [-0.1, -0.05) is 0 Å². The van der Waals surface area contributed by atoms with Crippen molar-refractivity contribution in [1.82, 2.24) is 17.2 Å². The van der Waals surface area contributed by atoms with Crippen molar-refractivity contribution < 1.29 is 5.11 Å². The van der Waals surface area contributed by atoms with Crippen molar-refractivity contribution >= 4 is 0 Å². The van der Waals surface area contributed by atoms with Gasteiger partial charge in [0.1, 0.15) is 0 Å². The maximum atomic E-state index is 8.72. The van der Waals surface area contributed by atoms with E-state index in [0.717, 1.165) is 0 Å². The minimum Gasteiger partial charge on any atom is -0.394 e. The first-order valence-corrected chi connectivity index (χ1v) is 2.79. The second-order valence-electron chi connectivity index (χ2n) is 2.86. The molecular formula is C6H21N3O. The highest BCUT2D eigenvalue weighted by Crippen LogP contribution is 2.06. The first-order chi connectivity index (χ1) is 3.50. The predicted octanol–water partition coefficient (Wildman–Crippen LogP) is 0.643. The molecule has 0 aromatic heterocycles. The summed E-state index contributed by atoms with van der Waals surface area (Å²) in [5.74, 6) is 0. The van der Waals surface area contributed by atoms with E-state index in [4.69, 9.17) is 5.11 Å². The second kappa shape index (κ2) is 5.61. The largest absolute Gasteiger partial charge is 0.394 e. The molecule has 0 radical (unpaired) electrons. The van der Waals surface area contributed by atoms with Gasteiger partial charge in [0.15, 0.2) is 0 Å². The Hall–Kier alpha value is -0.160. The molecule has 0 aromatic rings. The smallest absolute Gasteiger partial charge is 0.0609 e. The van der Waals surface area contributed by atoms with Gasteiger partial charge in [0.05, 0.1) is 6.61 Å². The van der Waals surface area contributed by atoms with E-state index in [0.29, 0.717) is 0 Å². The third-order valence-corrected chi connectivity index (χ3v) is 1.60. The highest BCUT2D eigenvalue weighted by molar-refractivity contribution is 4.74. The molecule has 0 spiro atoms. The molecule has 0 aliphatic rings. The van der Waals surface area contributed by atoms with E-state index in [1.54, 1.807) is 0 Å². The standard InChI is InChI=1S/C6H15NO.2H3N/c1-6(2,5-8)7(3)4;;/h8H,5H2,1-4H3;2*1H3. The number of aliphatic hydroxyl groups is 1. The van der Waals surface area contributed by atoms with Crippen molar-refractivity contribution in [2.24, 2.45) is 0 Å². The van der Waals surface area contributed by atoms with Crippen LogP contribution in [0.4, 0.5) is 0 Å². The van der Waals surface area contributed by atoms with Crippen molar-refractivity contribution in [3.8, 4) is 0 Å². The number of aliphatic hydroxyl groups excluding tert-OH is 1.